The molecule has 1 heterocycles. The first-order valence-corrected chi connectivity index (χ1v) is 11.8. The Morgan fingerprint density at radius 2 is 1.00 bits per heavy atom. The Kier molecular flexibility index (Phi) is 8.68. The minimum Gasteiger partial charge on any atom is -0.376 e. The molecular formula is C29H34O6. The molecule has 1 saturated heterocycles. The van der Waals surface area contributed by atoms with Crippen molar-refractivity contribution in [1.29, 1.82) is 0 Å². The summed E-state index contributed by atoms with van der Waals surface area (Å²) in [5.41, 5.74) is 2.19. The van der Waals surface area contributed by atoms with E-state index in [9.17, 15) is 0 Å². The first-order valence-electron chi connectivity index (χ1n) is 11.8. The van der Waals surface area contributed by atoms with Gasteiger partial charge in [-0.2, -0.15) is 0 Å². The molecule has 0 spiro atoms. The third kappa shape index (κ3) is 5.05. The molecule has 35 heavy (non-hydrogen) atoms. The van der Waals surface area contributed by atoms with Crippen molar-refractivity contribution in [3.63, 3.8) is 0 Å². The van der Waals surface area contributed by atoms with Crippen molar-refractivity contribution >= 4 is 0 Å². The van der Waals surface area contributed by atoms with Gasteiger partial charge in [0.05, 0.1) is 6.61 Å². The molecule has 0 unspecified atom stereocenters. The van der Waals surface area contributed by atoms with E-state index >= 15 is 0 Å². The lowest BCUT2D eigenvalue weighted by Crippen LogP contribution is -2.61. The van der Waals surface area contributed by atoms with Gasteiger partial charge in [0.2, 0.25) is 0 Å². The molecule has 0 radical (unpaired) electrons. The molecule has 0 bridgehead atoms. The normalized spacial score (nSPS) is 24.9. The zero-order valence-electron chi connectivity index (χ0n) is 20.7. The number of methoxy groups -OCH3 is 4. The summed E-state index contributed by atoms with van der Waals surface area (Å²) >= 11 is 0. The van der Waals surface area contributed by atoms with Crippen LogP contribution in [0.25, 0.3) is 0 Å². The summed E-state index contributed by atoms with van der Waals surface area (Å²) in [6.07, 6.45) is -2.33. The van der Waals surface area contributed by atoms with E-state index < -0.39 is 36.3 Å². The van der Waals surface area contributed by atoms with Crippen LogP contribution < -0.4 is 0 Å². The summed E-state index contributed by atoms with van der Waals surface area (Å²) in [7, 11) is 6.49. The fourth-order valence-electron chi connectivity index (χ4n) is 4.98. The predicted octanol–water partition coefficient (Wildman–Crippen LogP) is 4.41. The molecule has 0 N–H and O–H groups in total. The Bertz CT molecular complexity index is 916. The van der Waals surface area contributed by atoms with Crippen LogP contribution in [-0.2, 0) is 34.0 Å². The number of benzene rings is 3. The van der Waals surface area contributed by atoms with Crippen molar-refractivity contribution in [1.82, 2.24) is 0 Å². The number of hydrogen-bond donors (Lipinski definition) is 0. The largest absolute Gasteiger partial charge is 0.376 e. The number of ether oxygens (including phenoxy) is 6. The van der Waals surface area contributed by atoms with E-state index in [0.717, 1.165) is 16.7 Å². The first-order chi connectivity index (χ1) is 17.2. The average molecular weight is 479 g/mol. The molecule has 3 aromatic carbocycles. The van der Waals surface area contributed by atoms with Crippen molar-refractivity contribution in [3.05, 3.63) is 108 Å². The Morgan fingerprint density at radius 1 is 0.571 bits per heavy atom. The highest BCUT2D eigenvalue weighted by Gasteiger charge is 2.48. The molecule has 0 aromatic heterocycles. The molecule has 0 amide bonds. The second kappa shape index (κ2) is 11.9. The molecule has 186 valence electrons. The van der Waals surface area contributed by atoms with E-state index in [4.69, 9.17) is 28.4 Å². The molecule has 6 heteroatoms. The van der Waals surface area contributed by atoms with Crippen LogP contribution >= 0.6 is 0 Å². The van der Waals surface area contributed by atoms with Gasteiger partial charge < -0.3 is 28.4 Å². The second-order valence-corrected chi connectivity index (χ2v) is 8.47. The highest BCUT2D eigenvalue weighted by atomic mass is 16.7. The zero-order chi connectivity index (χ0) is 24.7. The fourth-order valence-corrected chi connectivity index (χ4v) is 4.98. The van der Waals surface area contributed by atoms with Gasteiger partial charge in [-0.1, -0.05) is 91.0 Å². The van der Waals surface area contributed by atoms with Gasteiger partial charge in [-0.15, -0.1) is 0 Å². The van der Waals surface area contributed by atoms with Crippen LogP contribution in [0.4, 0.5) is 0 Å². The average Bonchev–Trinajstić information content (AvgIpc) is 2.94. The highest BCUT2D eigenvalue weighted by molar-refractivity contribution is 5.47. The van der Waals surface area contributed by atoms with Crippen molar-refractivity contribution < 1.29 is 28.4 Å². The Hall–Kier alpha value is -2.58. The summed E-state index contributed by atoms with van der Waals surface area (Å²) < 4.78 is 36.1. The van der Waals surface area contributed by atoms with Gasteiger partial charge in [0.15, 0.2) is 6.29 Å². The molecule has 5 atom stereocenters. The minimum absolute atomic E-state index is 0.230. The zero-order valence-corrected chi connectivity index (χ0v) is 20.7. The lowest BCUT2D eigenvalue weighted by Gasteiger charge is -2.45. The Balaban J connectivity index is 1.77. The van der Waals surface area contributed by atoms with Crippen LogP contribution in [-0.4, -0.2) is 65.8 Å². The molecule has 0 saturated carbocycles. The topological polar surface area (TPSA) is 55.4 Å². The summed E-state index contributed by atoms with van der Waals surface area (Å²) in [5, 5.41) is 0. The second-order valence-electron chi connectivity index (χ2n) is 8.47. The van der Waals surface area contributed by atoms with Crippen LogP contribution in [0.3, 0.4) is 0 Å². The molecule has 6 nitrogen and oxygen atoms in total. The third-order valence-corrected chi connectivity index (χ3v) is 6.65. The van der Waals surface area contributed by atoms with Gasteiger partial charge in [0.1, 0.15) is 30.0 Å². The lowest BCUT2D eigenvalue weighted by molar-refractivity contribution is -0.310. The van der Waals surface area contributed by atoms with E-state index in [-0.39, 0.29) is 6.61 Å². The van der Waals surface area contributed by atoms with Gasteiger partial charge in [0, 0.05) is 28.4 Å². The lowest BCUT2D eigenvalue weighted by atomic mass is 9.80. The summed E-state index contributed by atoms with van der Waals surface area (Å²) in [6.45, 7) is 0.230. The van der Waals surface area contributed by atoms with Crippen molar-refractivity contribution in [3.8, 4) is 0 Å². The van der Waals surface area contributed by atoms with Crippen molar-refractivity contribution in [2.24, 2.45) is 0 Å². The summed E-state index contributed by atoms with van der Waals surface area (Å²) in [4.78, 5) is 0. The third-order valence-electron chi connectivity index (χ3n) is 6.65. The smallest absolute Gasteiger partial charge is 0.186 e. The van der Waals surface area contributed by atoms with Gasteiger partial charge in [-0.25, -0.2) is 0 Å². The quantitative estimate of drug-likeness (QED) is 0.403. The van der Waals surface area contributed by atoms with Crippen molar-refractivity contribution in [2.75, 3.05) is 35.0 Å². The number of hydrogen-bond acceptors (Lipinski definition) is 6. The van der Waals surface area contributed by atoms with Crippen LogP contribution in [0.5, 0.6) is 0 Å². The van der Waals surface area contributed by atoms with E-state index in [1.807, 2.05) is 54.6 Å². The summed E-state index contributed by atoms with van der Waals surface area (Å²) in [5.74, 6) is 0. The SMILES string of the molecule is CO[C@H]1O[C@@H](COC(c2ccccc2)(c2ccccc2)c2ccccc2)[C@@H](OC)[C@@H](OC)[C@H]1OC. The van der Waals surface area contributed by atoms with Crippen molar-refractivity contribution in [2.45, 2.75) is 36.3 Å². The molecule has 1 aliphatic rings. The molecule has 3 aromatic rings. The van der Waals surface area contributed by atoms with Crippen LogP contribution in [0.1, 0.15) is 16.7 Å². The van der Waals surface area contributed by atoms with Crippen LogP contribution in [0, 0.1) is 0 Å². The Morgan fingerprint density at radius 3 is 1.37 bits per heavy atom. The first kappa shape index (κ1) is 25.5. The fraction of sp³-hybridized carbons (Fsp3) is 0.379. The van der Waals surface area contributed by atoms with Gasteiger partial charge in [-0.05, 0) is 16.7 Å². The summed E-state index contributed by atoms with van der Waals surface area (Å²) in [6, 6.07) is 30.7. The number of rotatable bonds is 10. The molecule has 1 aliphatic heterocycles. The molecular weight excluding hydrogens is 444 g/mol. The van der Waals surface area contributed by atoms with E-state index in [1.54, 1.807) is 28.4 Å². The van der Waals surface area contributed by atoms with Crippen LogP contribution in [0.2, 0.25) is 0 Å². The monoisotopic (exact) mass is 478 g/mol. The molecule has 1 fully saturated rings. The standard InChI is InChI=1S/C29H34O6/c1-30-25-24(35-28(33-4)27(32-3)26(25)31-2)20-34-29(21-14-8-5-9-15-21,22-16-10-6-11-17-22)23-18-12-7-13-19-23/h5-19,24-28H,20H2,1-4H3/t24-,25+,26+,27+,28-/m0/s1. The highest BCUT2D eigenvalue weighted by Crippen LogP contribution is 2.41. The predicted molar refractivity (Wildman–Crippen MR) is 133 cm³/mol. The van der Waals surface area contributed by atoms with Gasteiger partial charge in [-0.3, -0.25) is 0 Å². The molecule has 0 aliphatic carbocycles. The maximum absolute atomic E-state index is 6.96. The van der Waals surface area contributed by atoms with Gasteiger partial charge in [0.25, 0.3) is 0 Å². The maximum Gasteiger partial charge on any atom is 0.186 e. The van der Waals surface area contributed by atoms with E-state index in [2.05, 4.69) is 36.4 Å². The van der Waals surface area contributed by atoms with E-state index in [1.165, 1.54) is 0 Å². The maximum atomic E-state index is 6.96. The molecule has 4 rings (SSSR count). The minimum atomic E-state index is -0.866. The Labute approximate surface area is 207 Å². The van der Waals surface area contributed by atoms with Gasteiger partial charge >= 0.3 is 0 Å². The van der Waals surface area contributed by atoms with Crippen LogP contribution in [0.15, 0.2) is 91.0 Å². The van der Waals surface area contributed by atoms with E-state index in [0.29, 0.717) is 0 Å².